The number of carbonyl (C=O) groups is 1. The Morgan fingerprint density at radius 2 is 2.00 bits per heavy atom. The van der Waals surface area contributed by atoms with Crippen molar-refractivity contribution in [2.75, 3.05) is 14.2 Å². The highest BCUT2D eigenvalue weighted by molar-refractivity contribution is 7.13. The van der Waals surface area contributed by atoms with Gasteiger partial charge in [-0.25, -0.2) is 4.98 Å². The summed E-state index contributed by atoms with van der Waals surface area (Å²) < 4.78 is 10.6. The van der Waals surface area contributed by atoms with Crippen LogP contribution in [0.4, 0.5) is 0 Å². The Labute approximate surface area is 158 Å². The summed E-state index contributed by atoms with van der Waals surface area (Å²) >= 11 is 1.54. The van der Waals surface area contributed by atoms with Crippen LogP contribution in [0, 0.1) is 5.92 Å². The van der Waals surface area contributed by atoms with E-state index in [1.54, 1.807) is 14.2 Å². The van der Waals surface area contributed by atoms with E-state index in [9.17, 15) is 4.79 Å². The van der Waals surface area contributed by atoms with E-state index in [4.69, 9.17) is 9.47 Å². The van der Waals surface area contributed by atoms with Gasteiger partial charge in [-0.15, -0.1) is 11.3 Å². The van der Waals surface area contributed by atoms with Crippen LogP contribution in [0.2, 0.25) is 0 Å². The van der Waals surface area contributed by atoms with Gasteiger partial charge in [0.05, 0.1) is 26.3 Å². The van der Waals surface area contributed by atoms with Gasteiger partial charge < -0.3 is 14.8 Å². The molecule has 1 aliphatic carbocycles. The Balaban J connectivity index is 1.65. The summed E-state index contributed by atoms with van der Waals surface area (Å²) in [6, 6.07) is 6.03. The molecule has 26 heavy (non-hydrogen) atoms. The monoisotopic (exact) mass is 374 g/mol. The number of hydrogen-bond donors (Lipinski definition) is 1. The van der Waals surface area contributed by atoms with Crippen LogP contribution in [0.3, 0.4) is 0 Å². The second kappa shape index (κ2) is 8.54. The number of benzene rings is 1. The van der Waals surface area contributed by atoms with Crippen molar-refractivity contribution in [3.8, 4) is 22.1 Å². The molecule has 1 fully saturated rings. The number of aromatic nitrogens is 1. The second-order valence-electron chi connectivity index (χ2n) is 6.83. The summed E-state index contributed by atoms with van der Waals surface area (Å²) in [7, 11) is 3.23. The number of nitrogens with one attached hydrogen (secondary N) is 1. The molecular formula is C20H26N2O3S. The predicted molar refractivity (Wildman–Crippen MR) is 104 cm³/mol. The van der Waals surface area contributed by atoms with E-state index < -0.39 is 0 Å². The van der Waals surface area contributed by atoms with Crippen molar-refractivity contribution in [3.05, 3.63) is 29.3 Å². The molecule has 0 bridgehead atoms. The summed E-state index contributed by atoms with van der Waals surface area (Å²) in [6.45, 7) is 2.22. The molecule has 5 nitrogen and oxygen atoms in total. The average Bonchev–Trinajstić information content (AvgIpc) is 3.11. The first-order chi connectivity index (χ1) is 12.6. The molecule has 0 aliphatic heterocycles. The minimum Gasteiger partial charge on any atom is -0.493 e. The van der Waals surface area contributed by atoms with Crippen LogP contribution in [0.15, 0.2) is 23.6 Å². The summed E-state index contributed by atoms with van der Waals surface area (Å²) in [6.07, 6.45) is 5.09. The van der Waals surface area contributed by atoms with Gasteiger partial charge in [-0.2, -0.15) is 0 Å². The maximum Gasteiger partial charge on any atom is 0.226 e. The van der Waals surface area contributed by atoms with Gasteiger partial charge in [0.25, 0.3) is 0 Å². The minimum atomic E-state index is 0.0629. The Hall–Kier alpha value is -2.08. The topological polar surface area (TPSA) is 60.5 Å². The molecule has 0 spiro atoms. The largest absolute Gasteiger partial charge is 0.493 e. The highest BCUT2D eigenvalue weighted by Gasteiger charge is 2.23. The number of nitrogens with zero attached hydrogens (tertiary/aromatic N) is 1. The van der Waals surface area contributed by atoms with Gasteiger partial charge in [-0.1, -0.05) is 19.8 Å². The molecule has 2 atom stereocenters. The third-order valence-corrected chi connectivity index (χ3v) is 5.92. The van der Waals surface area contributed by atoms with E-state index in [2.05, 4.69) is 17.2 Å². The standard InChI is InChI=1S/C20H26N2O3S/c1-13-6-4-5-7-16(13)22-19(23)11-15-12-26-20(21-15)14-8-9-17(24-2)18(10-14)25-3/h8-10,12-13,16H,4-7,11H2,1-3H3,(H,22,23). The third kappa shape index (κ3) is 4.36. The van der Waals surface area contributed by atoms with Crippen molar-refractivity contribution in [2.45, 2.75) is 45.1 Å². The van der Waals surface area contributed by atoms with Crippen LogP contribution >= 0.6 is 11.3 Å². The molecule has 1 heterocycles. The number of rotatable bonds is 6. The SMILES string of the molecule is COc1ccc(-c2nc(CC(=O)NC3CCCCC3C)cs2)cc1OC. The molecule has 2 unspecified atom stereocenters. The zero-order chi connectivity index (χ0) is 18.5. The maximum atomic E-state index is 12.4. The number of amides is 1. The molecule has 1 aromatic carbocycles. The second-order valence-corrected chi connectivity index (χ2v) is 7.68. The van der Waals surface area contributed by atoms with Crippen molar-refractivity contribution in [2.24, 2.45) is 5.92 Å². The lowest BCUT2D eigenvalue weighted by Gasteiger charge is -2.29. The Bertz CT molecular complexity index is 759. The zero-order valence-electron chi connectivity index (χ0n) is 15.6. The highest BCUT2D eigenvalue weighted by Crippen LogP contribution is 2.33. The van der Waals surface area contributed by atoms with Crippen LogP contribution in [0.1, 0.15) is 38.3 Å². The van der Waals surface area contributed by atoms with E-state index in [1.807, 2.05) is 23.6 Å². The molecule has 3 rings (SSSR count). The van der Waals surface area contributed by atoms with Crippen molar-refractivity contribution in [1.82, 2.24) is 10.3 Å². The van der Waals surface area contributed by atoms with Crippen LogP contribution in [0.5, 0.6) is 11.5 Å². The van der Waals surface area contributed by atoms with Crippen molar-refractivity contribution in [1.29, 1.82) is 0 Å². The van der Waals surface area contributed by atoms with Crippen molar-refractivity contribution >= 4 is 17.2 Å². The Kier molecular flexibility index (Phi) is 6.14. The van der Waals surface area contributed by atoms with E-state index in [-0.39, 0.29) is 5.91 Å². The normalized spacial score (nSPS) is 19.8. The molecule has 2 aromatic rings. The number of hydrogen-bond acceptors (Lipinski definition) is 5. The lowest BCUT2D eigenvalue weighted by atomic mass is 9.86. The molecule has 140 valence electrons. The van der Waals surface area contributed by atoms with Gasteiger partial charge in [0.15, 0.2) is 11.5 Å². The quantitative estimate of drug-likeness (QED) is 0.828. The summed E-state index contributed by atoms with van der Waals surface area (Å²) in [5.41, 5.74) is 1.76. The molecule has 1 aromatic heterocycles. The van der Waals surface area contributed by atoms with Gasteiger partial charge in [0.2, 0.25) is 5.91 Å². The summed E-state index contributed by atoms with van der Waals surface area (Å²) in [5, 5.41) is 6.02. The molecule has 0 saturated heterocycles. The first-order valence-corrected chi connectivity index (χ1v) is 9.95. The number of thiazole rings is 1. The van der Waals surface area contributed by atoms with Crippen LogP contribution in [-0.4, -0.2) is 31.2 Å². The fourth-order valence-electron chi connectivity index (χ4n) is 3.44. The molecule has 1 amide bonds. The van der Waals surface area contributed by atoms with E-state index >= 15 is 0 Å². The van der Waals surface area contributed by atoms with E-state index in [0.29, 0.717) is 29.9 Å². The summed E-state index contributed by atoms with van der Waals surface area (Å²) in [4.78, 5) is 17.0. The first kappa shape index (κ1) is 18.7. The Morgan fingerprint density at radius 1 is 1.23 bits per heavy atom. The lowest BCUT2D eigenvalue weighted by Crippen LogP contribution is -2.41. The molecule has 1 aliphatic rings. The predicted octanol–water partition coefficient (Wildman–Crippen LogP) is 4.06. The van der Waals surface area contributed by atoms with E-state index in [0.717, 1.165) is 22.7 Å². The maximum absolute atomic E-state index is 12.4. The molecular weight excluding hydrogens is 348 g/mol. The minimum absolute atomic E-state index is 0.0629. The fourth-order valence-corrected chi connectivity index (χ4v) is 4.26. The fraction of sp³-hybridized carbons (Fsp3) is 0.500. The highest BCUT2D eigenvalue weighted by atomic mass is 32.1. The smallest absolute Gasteiger partial charge is 0.226 e. The van der Waals surface area contributed by atoms with Crippen molar-refractivity contribution in [3.63, 3.8) is 0 Å². The van der Waals surface area contributed by atoms with Gasteiger partial charge >= 0.3 is 0 Å². The van der Waals surface area contributed by atoms with Crippen molar-refractivity contribution < 1.29 is 14.3 Å². The molecule has 1 saturated carbocycles. The summed E-state index contributed by atoms with van der Waals surface area (Å²) in [5.74, 6) is 1.98. The van der Waals surface area contributed by atoms with Crippen LogP contribution < -0.4 is 14.8 Å². The van der Waals surface area contributed by atoms with Crippen LogP contribution in [-0.2, 0) is 11.2 Å². The van der Waals surface area contributed by atoms with Gasteiger partial charge in [0.1, 0.15) is 5.01 Å². The number of carbonyl (C=O) groups excluding carboxylic acids is 1. The van der Waals surface area contributed by atoms with E-state index in [1.165, 1.54) is 30.6 Å². The molecule has 1 N–H and O–H groups in total. The Morgan fingerprint density at radius 3 is 2.73 bits per heavy atom. The molecule has 0 radical (unpaired) electrons. The number of methoxy groups -OCH3 is 2. The first-order valence-electron chi connectivity index (χ1n) is 9.07. The lowest BCUT2D eigenvalue weighted by molar-refractivity contribution is -0.121. The average molecular weight is 375 g/mol. The van der Waals surface area contributed by atoms with Crippen LogP contribution in [0.25, 0.3) is 10.6 Å². The van der Waals surface area contributed by atoms with Gasteiger partial charge in [-0.3, -0.25) is 4.79 Å². The third-order valence-electron chi connectivity index (χ3n) is 4.98. The number of ether oxygens (including phenoxy) is 2. The van der Waals surface area contributed by atoms with Gasteiger partial charge in [0, 0.05) is 17.0 Å². The zero-order valence-corrected chi connectivity index (χ0v) is 16.4. The molecule has 6 heteroatoms. The van der Waals surface area contributed by atoms with Gasteiger partial charge in [-0.05, 0) is 37.0 Å².